The van der Waals surface area contributed by atoms with Crippen molar-refractivity contribution in [1.82, 2.24) is 9.55 Å². The zero-order chi connectivity index (χ0) is 22.5. The van der Waals surface area contributed by atoms with Crippen molar-refractivity contribution in [2.45, 2.75) is 37.2 Å². The quantitative estimate of drug-likeness (QED) is 0.190. The summed E-state index contributed by atoms with van der Waals surface area (Å²) < 4.78 is 7.16. The molecular weight excluding hydrogens is 437 g/mol. The van der Waals surface area contributed by atoms with Gasteiger partial charge in [-0.3, -0.25) is 4.79 Å². The van der Waals surface area contributed by atoms with Crippen LogP contribution in [0.3, 0.4) is 0 Å². The maximum atomic E-state index is 13.2. The zero-order valence-electron chi connectivity index (χ0n) is 19.4. The molecule has 0 unspecified atom stereocenters. The van der Waals surface area contributed by atoms with E-state index in [1.54, 1.807) is 18.9 Å². The summed E-state index contributed by atoms with van der Waals surface area (Å²) >= 11 is 1.59. The second-order valence-electron chi connectivity index (χ2n) is 7.38. The predicted molar refractivity (Wildman–Crippen MR) is 124 cm³/mol. The van der Waals surface area contributed by atoms with Gasteiger partial charge >= 0.3 is 29.6 Å². The van der Waals surface area contributed by atoms with Gasteiger partial charge in [0.2, 0.25) is 0 Å². The van der Waals surface area contributed by atoms with Gasteiger partial charge in [0.1, 0.15) is 17.8 Å². The molecule has 1 aromatic carbocycles. The van der Waals surface area contributed by atoms with E-state index in [2.05, 4.69) is 4.90 Å². The molecule has 1 aliphatic carbocycles. The van der Waals surface area contributed by atoms with Crippen LogP contribution in [-0.4, -0.2) is 55.5 Å². The average Bonchev–Trinajstić information content (AvgIpc) is 3.63. The van der Waals surface area contributed by atoms with Crippen molar-refractivity contribution < 1.29 is 44.2 Å². The molecule has 7 nitrogen and oxygen atoms in total. The number of hydrogen-bond acceptors (Lipinski definition) is 7. The fourth-order valence-corrected chi connectivity index (χ4v) is 4.73. The third kappa shape index (κ3) is 5.21. The van der Waals surface area contributed by atoms with Gasteiger partial charge in [0, 0.05) is 30.0 Å². The number of hydrogen-bond donors (Lipinski definition) is 0. The number of aromatic nitrogens is 2. The minimum Gasteiger partial charge on any atom is -0.857 e. The summed E-state index contributed by atoms with van der Waals surface area (Å²) in [4.78, 5) is 32.9. The minimum absolute atomic E-state index is 0. The van der Waals surface area contributed by atoms with Crippen LogP contribution in [0.25, 0.3) is 21.9 Å². The fourth-order valence-electron chi connectivity index (χ4n) is 3.93. The van der Waals surface area contributed by atoms with Gasteiger partial charge in [0.15, 0.2) is 5.43 Å². The predicted octanol–water partition coefficient (Wildman–Crippen LogP) is -0.625. The molecule has 1 saturated carbocycles. The summed E-state index contributed by atoms with van der Waals surface area (Å²) in [6.45, 7) is 3.54. The summed E-state index contributed by atoms with van der Waals surface area (Å²) in [5.41, 5.74) is 2.40. The van der Waals surface area contributed by atoms with Crippen molar-refractivity contribution in [2.75, 3.05) is 38.5 Å². The number of fused-ring (bicyclic) bond motifs is 2. The van der Waals surface area contributed by atoms with E-state index in [0.717, 1.165) is 54.6 Å². The van der Waals surface area contributed by atoms with Crippen molar-refractivity contribution in [2.24, 2.45) is 0 Å². The number of rotatable bonds is 8. The number of thioether (sulfide) groups is 1. The van der Waals surface area contributed by atoms with Crippen LogP contribution in [0.1, 0.15) is 18.4 Å². The first kappa shape index (κ1) is 26.8. The summed E-state index contributed by atoms with van der Waals surface area (Å²) in [7, 11) is 2.44. The molecule has 0 N–H and O–H groups in total. The Morgan fingerprint density at radius 3 is 2.53 bits per heavy atom. The molecule has 3 aromatic rings. The molecule has 0 bridgehead atoms. The first-order valence-corrected chi connectivity index (χ1v) is 11.4. The molecule has 9 heteroatoms. The number of methoxy groups -OCH3 is 1. The Morgan fingerprint density at radius 2 is 1.94 bits per heavy atom. The van der Waals surface area contributed by atoms with E-state index in [-0.39, 0.29) is 41.5 Å². The summed E-state index contributed by atoms with van der Waals surface area (Å²) in [6, 6.07) is 8.05. The molecular formula is C23H28N3NaO4S. The van der Waals surface area contributed by atoms with Crippen molar-refractivity contribution in [3.05, 3.63) is 40.1 Å². The molecule has 0 aliphatic heterocycles. The van der Waals surface area contributed by atoms with E-state index in [4.69, 9.17) is 14.8 Å². The second kappa shape index (κ2) is 12.2. The van der Waals surface area contributed by atoms with Crippen LogP contribution in [-0.2, 0) is 16.1 Å². The smallest absolute Gasteiger partial charge is 0.857 e. The minimum atomic E-state index is -0.0404. The Hall–Kier alpha value is -1.42. The van der Waals surface area contributed by atoms with Crippen LogP contribution < -0.4 is 45.0 Å². The molecule has 32 heavy (non-hydrogen) atoms. The second-order valence-corrected chi connectivity index (χ2v) is 8.19. The van der Waals surface area contributed by atoms with Gasteiger partial charge < -0.3 is 24.1 Å². The Balaban J connectivity index is 0.00000118. The van der Waals surface area contributed by atoms with Crippen LogP contribution in [0.15, 0.2) is 34.0 Å². The number of nitrogens with zero attached hydrogens (tertiary/aromatic N) is 3. The summed E-state index contributed by atoms with van der Waals surface area (Å²) in [6.07, 6.45) is 5.13. The molecule has 0 amide bonds. The van der Waals surface area contributed by atoms with E-state index in [1.165, 1.54) is 0 Å². The van der Waals surface area contributed by atoms with Gasteiger partial charge in [-0.1, -0.05) is 6.07 Å². The van der Waals surface area contributed by atoms with Crippen LogP contribution >= 0.6 is 11.8 Å². The maximum Gasteiger partial charge on any atom is 1.00 e. The van der Waals surface area contributed by atoms with Gasteiger partial charge in [-0.2, -0.15) is 7.11 Å². The topological polar surface area (TPSA) is 87.5 Å². The number of aryl methyl sites for hydroxylation is 1. The molecule has 0 radical (unpaired) electrons. The first-order valence-electron chi connectivity index (χ1n) is 10.2. The SMILES string of the molecule is COCCN(c1ccc2c(=O)c3ccc(C)c(SC)c3n(CC=O)c2n1)C1CC1.C[O-].[Na+]. The fraction of sp³-hybridized carbons (Fsp3) is 0.435. The molecule has 2 aromatic heterocycles. The van der Waals surface area contributed by atoms with Gasteiger partial charge in [0.25, 0.3) is 0 Å². The molecule has 0 spiro atoms. The number of benzene rings is 1. The van der Waals surface area contributed by atoms with E-state index in [9.17, 15) is 9.59 Å². The number of carbonyl (C=O) groups excluding carboxylic acids is 1. The maximum absolute atomic E-state index is 13.2. The summed E-state index contributed by atoms with van der Waals surface area (Å²) in [5.74, 6) is 0.828. The van der Waals surface area contributed by atoms with Crippen LogP contribution in [0.4, 0.5) is 5.82 Å². The molecule has 0 saturated heterocycles. The monoisotopic (exact) mass is 465 g/mol. The molecule has 1 fully saturated rings. The van der Waals surface area contributed by atoms with Gasteiger partial charge in [0.05, 0.1) is 24.1 Å². The largest absolute Gasteiger partial charge is 1.00 e. The van der Waals surface area contributed by atoms with Gasteiger partial charge in [-0.25, -0.2) is 4.98 Å². The molecule has 2 heterocycles. The van der Waals surface area contributed by atoms with E-state index >= 15 is 0 Å². The molecule has 1 aliphatic rings. The number of anilines is 1. The third-order valence-corrected chi connectivity index (χ3v) is 6.41. The van der Waals surface area contributed by atoms with Crippen LogP contribution in [0, 0.1) is 6.92 Å². The normalized spacial score (nSPS) is 12.8. The number of carbonyl (C=O) groups is 1. The first-order chi connectivity index (χ1) is 15.1. The Bertz CT molecular complexity index is 1150. The van der Waals surface area contributed by atoms with Gasteiger partial charge in [-0.05, 0) is 49.8 Å². The van der Waals surface area contributed by atoms with Crippen molar-refractivity contribution in [3.63, 3.8) is 0 Å². The van der Waals surface area contributed by atoms with E-state index < -0.39 is 0 Å². The van der Waals surface area contributed by atoms with E-state index in [0.29, 0.717) is 29.1 Å². The van der Waals surface area contributed by atoms with Crippen molar-refractivity contribution in [3.8, 4) is 0 Å². The Labute approximate surface area is 214 Å². The Morgan fingerprint density at radius 1 is 1.25 bits per heavy atom. The van der Waals surface area contributed by atoms with Crippen molar-refractivity contribution in [1.29, 1.82) is 0 Å². The van der Waals surface area contributed by atoms with Crippen LogP contribution in [0.5, 0.6) is 0 Å². The van der Waals surface area contributed by atoms with E-state index in [1.807, 2.05) is 42.0 Å². The Kier molecular flexibility index (Phi) is 10.2. The van der Waals surface area contributed by atoms with Gasteiger partial charge in [-0.15, -0.1) is 11.8 Å². The molecule has 4 rings (SSSR count). The summed E-state index contributed by atoms with van der Waals surface area (Å²) in [5, 5.41) is 9.42. The zero-order valence-corrected chi connectivity index (χ0v) is 22.2. The number of ether oxygens (including phenoxy) is 1. The molecule has 0 atom stereocenters. The molecule has 166 valence electrons. The van der Waals surface area contributed by atoms with Crippen LogP contribution in [0.2, 0.25) is 0 Å². The number of pyridine rings is 2. The standard InChI is InChI=1S/C22H25N3O3S.CH3O.Na/c1-14-4-7-16-19(21(14)29-3)25(10-12-26)22-17(20(16)27)8-9-18(23-22)24(11-13-28-2)15-5-6-15;1-2;/h4,7-9,12,15H,5-6,10-11,13H2,1-3H3;1H3;/q;-1;+1. The number of aldehydes is 1. The van der Waals surface area contributed by atoms with Crippen molar-refractivity contribution >= 4 is 45.8 Å². The third-order valence-electron chi connectivity index (χ3n) is 5.48. The average molecular weight is 466 g/mol.